The summed E-state index contributed by atoms with van der Waals surface area (Å²) in [6, 6.07) is 0. The van der Waals surface area contributed by atoms with Crippen molar-refractivity contribution in [1.82, 2.24) is 0 Å². The standard InChI is InChI=1S/Ce.Cr.Nb.Sn.2H. The molecule has 0 unspecified atom stereocenters. The second kappa shape index (κ2) is 16.1. The van der Waals surface area contributed by atoms with Gasteiger partial charge >= 0.3 is 23.9 Å². The zero-order valence-corrected chi connectivity index (χ0v) is 12.7. The van der Waals surface area contributed by atoms with E-state index >= 15 is 0 Å². The summed E-state index contributed by atoms with van der Waals surface area (Å²) >= 11 is 0. The van der Waals surface area contributed by atoms with Crippen LogP contribution in [0.25, 0.3) is 0 Å². The molecule has 0 heterocycles. The van der Waals surface area contributed by atoms with E-state index in [1.165, 1.54) is 0 Å². The first-order valence-electron chi connectivity index (χ1n) is 0. The summed E-state index contributed by atoms with van der Waals surface area (Å²) in [6.45, 7) is 0. The van der Waals surface area contributed by atoms with Gasteiger partial charge in [-0.2, -0.15) is 0 Å². The minimum absolute atomic E-state index is 0. The number of rotatable bonds is 0. The molecule has 3 radical (unpaired) electrons. The predicted octanol–water partition coefficient (Wildman–Crippen LogP) is -0.921. The Balaban J connectivity index is 0. The van der Waals surface area contributed by atoms with Gasteiger partial charge in [-0.1, -0.05) is 0 Å². The maximum absolute atomic E-state index is 0. The molecule has 0 spiro atoms. The van der Waals surface area contributed by atoms with Crippen LogP contribution in [-0.2, 0) is 39.7 Å². The van der Waals surface area contributed by atoms with Crippen LogP contribution in [0.1, 0.15) is 0 Å². The molecule has 0 aliphatic rings. The van der Waals surface area contributed by atoms with Gasteiger partial charge in [0.1, 0.15) is 0 Å². The molecule has 0 fully saturated rings. The molecule has 0 saturated heterocycles. The molecule has 0 aromatic carbocycles. The minimum atomic E-state index is 0. The van der Waals surface area contributed by atoms with Crippen LogP contribution in [-0.4, -0.2) is 23.9 Å². The number of hydrogen-bond donors (Lipinski definition) is 0. The fourth-order valence-electron chi connectivity index (χ4n) is 0. The van der Waals surface area contributed by atoms with E-state index in [1.807, 2.05) is 0 Å². The zero-order chi connectivity index (χ0) is 0. The van der Waals surface area contributed by atoms with Crippen molar-refractivity contribution in [2.45, 2.75) is 0 Å². The molecule has 0 N–H and O–H groups in total. The SMILES string of the molecule is [Ce].[Cr].[Nb].[SnH2]. The molecule has 0 bridgehead atoms. The van der Waals surface area contributed by atoms with Gasteiger partial charge in [0.15, 0.2) is 0 Å². The van der Waals surface area contributed by atoms with Gasteiger partial charge in [0.2, 0.25) is 0 Å². The maximum atomic E-state index is 0. The first-order chi connectivity index (χ1) is 0. The second-order valence-corrected chi connectivity index (χ2v) is 0. The van der Waals surface area contributed by atoms with E-state index in [1.54, 1.807) is 0 Å². The van der Waals surface area contributed by atoms with E-state index in [0.717, 1.165) is 0 Å². The molecular weight excluding hydrogens is 404 g/mol. The van der Waals surface area contributed by atoms with Crippen LogP contribution in [0.3, 0.4) is 0 Å². The van der Waals surface area contributed by atoms with Crippen molar-refractivity contribution < 1.29 is 81.5 Å². The monoisotopic (exact) mass is 407 g/mol. The van der Waals surface area contributed by atoms with E-state index in [9.17, 15) is 0 Å². The molecule has 4 heavy (non-hydrogen) atoms. The van der Waals surface area contributed by atoms with Gasteiger partial charge in [0.25, 0.3) is 0 Å². The van der Waals surface area contributed by atoms with Crippen LogP contribution in [0.2, 0.25) is 0 Å². The van der Waals surface area contributed by atoms with Gasteiger partial charge in [-0.25, -0.2) is 0 Å². The predicted molar refractivity (Wildman–Crippen MR) is 8.54 cm³/mol. The van der Waals surface area contributed by atoms with Crippen molar-refractivity contribution in [1.29, 1.82) is 0 Å². The van der Waals surface area contributed by atoms with Crippen molar-refractivity contribution >= 4 is 23.9 Å². The third-order valence-electron chi connectivity index (χ3n) is 0. The van der Waals surface area contributed by atoms with Crippen LogP contribution in [0.4, 0.5) is 0 Å². The van der Waals surface area contributed by atoms with E-state index in [0.29, 0.717) is 0 Å². The normalized spacial score (nSPS) is 0. The molecule has 0 aliphatic heterocycles. The summed E-state index contributed by atoms with van der Waals surface area (Å²) in [5.41, 5.74) is 0. The van der Waals surface area contributed by atoms with Gasteiger partial charge in [-0.3, -0.25) is 0 Å². The molecule has 0 saturated carbocycles. The Morgan fingerprint density at radius 2 is 1.00 bits per heavy atom. The molecule has 0 rings (SSSR count). The van der Waals surface area contributed by atoms with Crippen LogP contribution < -0.4 is 0 Å². The molecule has 0 nitrogen and oxygen atoms in total. The Hall–Kier alpha value is 3.45. The van der Waals surface area contributed by atoms with Gasteiger partial charge in [-0.05, 0) is 0 Å². The third kappa shape index (κ3) is 9.07. The Kier molecular flexibility index (Phi) is 105. The fraction of sp³-hybridized carbons (Fsp3) is 0. The molecule has 0 aromatic heterocycles. The Labute approximate surface area is 103 Å². The topological polar surface area (TPSA) is 0 Å². The Morgan fingerprint density at radius 3 is 1.00 bits per heavy atom. The summed E-state index contributed by atoms with van der Waals surface area (Å²) < 4.78 is 0. The fourth-order valence-corrected chi connectivity index (χ4v) is 0. The quantitative estimate of drug-likeness (QED) is 0.457. The van der Waals surface area contributed by atoms with Crippen molar-refractivity contribution in [2.75, 3.05) is 0 Å². The molecule has 0 atom stereocenters. The van der Waals surface area contributed by atoms with Crippen molar-refractivity contribution in [2.24, 2.45) is 0 Å². The van der Waals surface area contributed by atoms with Crippen LogP contribution in [0.5, 0.6) is 0 Å². The van der Waals surface area contributed by atoms with E-state index in [-0.39, 0.29) is 105 Å². The molecular formula is H2CeCrNbSn. The average molecular weight is 406 g/mol. The molecule has 21 valence electrons. The van der Waals surface area contributed by atoms with Crippen LogP contribution >= 0.6 is 0 Å². The summed E-state index contributed by atoms with van der Waals surface area (Å²) in [7, 11) is 0. The summed E-state index contributed by atoms with van der Waals surface area (Å²) in [4.78, 5) is 0. The van der Waals surface area contributed by atoms with E-state index < -0.39 is 0 Å². The molecule has 0 aromatic rings. The Morgan fingerprint density at radius 1 is 1.00 bits per heavy atom. The van der Waals surface area contributed by atoms with Crippen LogP contribution in [0.15, 0.2) is 0 Å². The molecule has 0 aliphatic carbocycles. The Bertz CT molecular complexity index is 8.00. The zero-order valence-electron chi connectivity index (χ0n) is 2.06. The van der Waals surface area contributed by atoms with Gasteiger partial charge in [0, 0.05) is 81.5 Å². The first-order valence-corrected chi connectivity index (χ1v) is 0. The van der Waals surface area contributed by atoms with Crippen molar-refractivity contribution in [3.8, 4) is 0 Å². The average Bonchev–Trinajstić information content (AvgIpc) is 0. The van der Waals surface area contributed by atoms with Crippen molar-refractivity contribution in [3.63, 3.8) is 0 Å². The molecule has 0 amide bonds. The van der Waals surface area contributed by atoms with Gasteiger partial charge < -0.3 is 0 Å². The first kappa shape index (κ1) is 26.0. The summed E-state index contributed by atoms with van der Waals surface area (Å²) in [6.07, 6.45) is 0. The van der Waals surface area contributed by atoms with Crippen molar-refractivity contribution in [3.05, 3.63) is 0 Å². The summed E-state index contributed by atoms with van der Waals surface area (Å²) in [5, 5.41) is 0. The third-order valence-corrected chi connectivity index (χ3v) is 0. The van der Waals surface area contributed by atoms with E-state index in [4.69, 9.17) is 0 Å². The van der Waals surface area contributed by atoms with Gasteiger partial charge in [0.05, 0.1) is 0 Å². The molecule has 4 heteroatoms. The van der Waals surface area contributed by atoms with E-state index in [2.05, 4.69) is 0 Å². The van der Waals surface area contributed by atoms with Gasteiger partial charge in [-0.15, -0.1) is 0 Å². The number of hydrogen-bond acceptors (Lipinski definition) is 0. The summed E-state index contributed by atoms with van der Waals surface area (Å²) in [5.74, 6) is 0. The second-order valence-electron chi connectivity index (χ2n) is 0. The van der Waals surface area contributed by atoms with Crippen LogP contribution in [0, 0.1) is 41.7 Å².